The minimum atomic E-state index is -0.450. The normalized spacial score (nSPS) is 12.6. The van der Waals surface area contributed by atoms with Gasteiger partial charge in [0, 0.05) is 6.08 Å². The number of carbonyl (C=O) groups excluding carboxylic acids is 2. The number of ketones is 1. The van der Waals surface area contributed by atoms with E-state index in [1.165, 1.54) is 24.8 Å². The van der Waals surface area contributed by atoms with Gasteiger partial charge in [0.1, 0.15) is 11.5 Å². The van der Waals surface area contributed by atoms with Gasteiger partial charge >= 0.3 is 5.97 Å². The van der Waals surface area contributed by atoms with Crippen LogP contribution in [-0.2, 0) is 16.0 Å². The Labute approximate surface area is 242 Å². The third-order valence-corrected chi connectivity index (χ3v) is 6.48. The number of aliphatic hydroxyl groups excluding tert-OH is 1. The molecule has 0 aromatic heterocycles. The summed E-state index contributed by atoms with van der Waals surface area (Å²) in [5, 5.41) is 10.2. The maximum Gasteiger partial charge on any atom is 0.318 e. The van der Waals surface area contributed by atoms with E-state index in [0.29, 0.717) is 23.0 Å². The Morgan fingerprint density at radius 1 is 0.805 bits per heavy atom. The summed E-state index contributed by atoms with van der Waals surface area (Å²) in [7, 11) is 3.09. The highest BCUT2D eigenvalue weighted by Gasteiger charge is 2.19. The summed E-state index contributed by atoms with van der Waals surface area (Å²) in [5.41, 5.74) is 4.61. The summed E-state index contributed by atoms with van der Waals surface area (Å²) in [6, 6.07) is 18.7. The van der Waals surface area contributed by atoms with Crippen LogP contribution in [0.1, 0.15) is 54.5 Å². The largest absolute Gasteiger partial charge is 0.508 e. The molecule has 0 spiro atoms. The third kappa shape index (κ3) is 9.24. The Balaban J connectivity index is 1.63. The van der Waals surface area contributed by atoms with Crippen molar-refractivity contribution in [1.82, 2.24) is 0 Å². The summed E-state index contributed by atoms with van der Waals surface area (Å²) < 4.78 is 16.4. The Morgan fingerprint density at radius 3 is 2.05 bits per heavy atom. The van der Waals surface area contributed by atoms with E-state index in [4.69, 9.17) is 14.2 Å². The molecule has 0 amide bonds. The van der Waals surface area contributed by atoms with E-state index < -0.39 is 5.92 Å². The molecule has 3 rings (SSSR count). The van der Waals surface area contributed by atoms with E-state index in [1.807, 2.05) is 44.2 Å². The minimum Gasteiger partial charge on any atom is -0.508 e. The first-order chi connectivity index (χ1) is 19.6. The van der Waals surface area contributed by atoms with Gasteiger partial charge in [0.05, 0.1) is 20.1 Å². The van der Waals surface area contributed by atoms with Gasteiger partial charge in [0.25, 0.3) is 0 Å². The Morgan fingerprint density at radius 2 is 1.41 bits per heavy atom. The smallest absolute Gasteiger partial charge is 0.318 e. The molecule has 0 saturated carbocycles. The number of hydrogen-bond acceptors (Lipinski definition) is 6. The van der Waals surface area contributed by atoms with Crippen LogP contribution in [0.3, 0.4) is 0 Å². The van der Waals surface area contributed by atoms with E-state index in [9.17, 15) is 14.7 Å². The zero-order valence-corrected chi connectivity index (χ0v) is 24.5. The zero-order chi connectivity index (χ0) is 29.9. The predicted molar refractivity (Wildman–Crippen MR) is 164 cm³/mol. The van der Waals surface area contributed by atoms with Crippen molar-refractivity contribution in [3.05, 3.63) is 112 Å². The second-order valence-corrected chi connectivity index (χ2v) is 10.3. The molecule has 0 aliphatic rings. The number of esters is 1. The van der Waals surface area contributed by atoms with E-state index in [1.54, 1.807) is 37.5 Å². The molecule has 0 bridgehead atoms. The average molecular weight is 555 g/mol. The Kier molecular flexibility index (Phi) is 11.1. The number of aliphatic hydroxyl groups is 1. The molecule has 6 heteroatoms. The highest BCUT2D eigenvalue weighted by Crippen LogP contribution is 2.30. The summed E-state index contributed by atoms with van der Waals surface area (Å²) in [6.07, 6.45) is 8.19. The molecule has 3 aromatic rings. The molecule has 0 aliphatic carbocycles. The molecular weight excluding hydrogens is 516 g/mol. The van der Waals surface area contributed by atoms with Crippen LogP contribution in [0.5, 0.6) is 17.2 Å². The lowest BCUT2D eigenvalue weighted by molar-refractivity contribution is -0.135. The van der Waals surface area contributed by atoms with Crippen LogP contribution in [0.25, 0.3) is 12.2 Å². The van der Waals surface area contributed by atoms with Crippen molar-refractivity contribution < 1.29 is 28.9 Å². The van der Waals surface area contributed by atoms with Gasteiger partial charge in [-0.2, -0.15) is 0 Å². The lowest BCUT2D eigenvalue weighted by Crippen LogP contribution is -2.16. The van der Waals surface area contributed by atoms with Crippen LogP contribution >= 0.6 is 0 Å². The highest BCUT2D eigenvalue weighted by atomic mass is 16.6. The molecule has 0 radical (unpaired) electrons. The van der Waals surface area contributed by atoms with Crippen molar-refractivity contribution >= 4 is 23.9 Å². The van der Waals surface area contributed by atoms with Crippen molar-refractivity contribution in [3.8, 4) is 17.2 Å². The fourth-order valence-corrected chi connectivity index (χ4v) is 4.16. The van der Waals surface area contributed by atoms with E-state index in [2.05, 4.69) is 26.0 Å². The Bertz CT molecular complexity index is 1440. The molecule has 0 saturated heterocycles. The number of ether oxygens (including phenoxy) is 3. The fraction of sp³-hybridized carbons (Fsp3) is 0.257. The highest BCUT2D eigenvalue weighted by molar-refractivity contribution is 6.02. The SMILES string of the molecule is COc1cc(/C=C/C(=O)C=C(O)/C=C/c2ccc(OC(=O)C(C)c3ccc(CC(C)C)cc3)c(OC)c2)ccc1C. The van der Waals surface area contributed by atoms with Gasteiger partial charge in [-0.25, -0.2) is 0 Å². The first-order valence-corrected chi connectivity index (χ1v) is 13.5. The van der Waals surface area contributed by atoms with Crippen molar-refractivity contribution in [3.63, 3.8) is 0 Å². The van der Waals surface area contributed by atoms with Gasteiger partial charge in [-0.3, -0.25) is 9.59 Å². The van der Waals surface area contributed by atoms with Gasteiger partial charge < -0.3 is 19.3 Å². The predicted octanol–water partition coefficient (Wildman–Crippen LogP) is 7.66. The number of aryl methyl sites for hydroxylation is 1. The van der Waals surface area contributed by atoms with Crippen LogP contribution in [0.2, 0.25) is 0 Å². The quantitative estimate of drug-likeness (QED) is 0.0814. The zero-order valence-electron chi connectivity index (χ0n) is 24.5. The first kappa shape index (κ1) is 31.0. The van der Waals surface area contributed by atoms with Crippen molar-refractivity contribution in [2.24, 2.45) is 5.92 Å². The molecule has 41 heavy (non-hydrogen) atoms. The van der Waals surface area contributed by atoms with E-state index in [-0.39, 0.29) is 17.5 Å². The van der Waals surface area contributed by atoms with Gasteiger partial charge in [0.15, 0.2) is 17.3 Å². The molecule has 0 aliphatic heterocycles. The van der Waals surface area contributed by atoms with Crippen LogP contribution in [-0.4, -0.2) is 31.1 Å². The number of rotatable bonds is 12. The molecular formula is C35H38O6. The maximum absolute atomic E-state index is 12.9. The molecule has 214 valence electrons. The maximum atomic E-state index is 12.9. The molecule has 1 unspecified atom stereocenters. The molecule has 6 nitrogen and oxygen atoms in total. The molecule has 1 N–H and O–H groups in total. The van der Waals surface area contributed by atoms with Crippen LogP contribution in [0, 0.1) is 12.8 Å². The van der Waals surface area contributed by atoms with Gasteiger partial charge in [-0.05, 0) is 84.4 Å². The van der Waals surface area contributed by atoms with Crippen LogP contribution < -0.4 is 14.2 Å². The van der Waals surface area contributed by atoms with E-state index >= 15 is 0 Å². The second-order valence-electron chi connectivity index (χ2n) is 10.3. The van der Waals surface area contributed by atoms with Crippen molar-refractivity contribution in [1.29, 1.82) is 0 Å². The minimum absolute atomic E-state index is 0.205. The van der Waals surface area contributed by atoms with Gasteiger partial charge in [-0.1, -0.05) is 68.5 Å². The van der Waals surface area contributed by atoms with Crippen molar-refractivity contribution in [2.75, 3.05) is 14.2 Å². The number of carbonyl (C=O) groups is 2. The molecule has 0 heterocycles. The standard InChI is InChI=1S/C35H38O6/c1-23(2)19-26-9-14-29(15-10-26)25(4)35(38)41-32-18-13-28(21-34(32)40-6)12-17-31(37)22-30(36)16-11-27-8-7-24(3)33(20-27)39-5/h7-18,20-23,25,37H,19H2,1-6H3/b16-11+,17-12+,31-22?. The lowest BCUT2D eigenvalue weighted by atomic mass is 9.97. The number of hydrogen-bond donors (Lipinski definition) is 1. The molecule has 0 fully saturated rings. The third-order valence-electron chi connectivity index (χ3n) is 6.48. The molecule has 3 aromatic carbocycles. The summed E-state index contributed by atoms with van der Waals surface area (Å²) >= 11 is 0. The fourth-order valence-electron chi connectivity index (χ4n) is 4.16. The molecule has 1 atom stereocenters. The first-order valence-electron chi connectivity index (χ1n) is 13.5. The number of allylic oxidation sites excluding steroid dienone is 3. The van der Waals surface area contributed by atoms with Crippen LogP contribution in [0.15, 0.2) is 84.7 Å². The van der Waals surface area contributed by atoms with Crippen molar-refractivity contribution in [2.45, 2.75) is 40.0 Å². The van der Waals surface area contributed by atoms with E-state index in [0.717, 1.165) is 34.9 Å². The summed E-state index contributed by atoms with van der Waals surface area (Å²) in [5.74, 6) is 0.556. The number of benzene rings is 3. The van der Waals surface area contributed by atoms with Crippen LogP contribution in [0.4, 0.5) is 0 Å². The monoisotopic (exact) mass is 554 g/mol. The topological polar surface area (TPSA) is 82.1 Å². The lowest BCUT2D eigenvalue weighted by Gasteiger charge is -2.15. The van der Waals surface area contributed by atoms with Gasteiger partial charge in [0.2, 0.25) is 0 Å². The van der Waals surface area contributed by atoms with Gasteiger partial charge in [-0.15, -0.1) is 0 Å². The summed E-state index contributed by atoms with van der Waals surface area (Å²) in [6.45, 7) is 8.10. The Hall–Kier alpha value is -4.58. The average Bonchev–Trinajstić information content (AvgIpc) is 2.95. The number of methoxy groups -OCH3 is 2. The summed E-state index contributed by atoms with van der Waals surface area (Å²) in [4.78, 5) is 25.1. The second kappa shape index (κ2) is 14.7.